The van der Waals surface area contributed by atoms with Crippen LogP contribution in [-0.2, 0) is 11.3 Å². The molecule has 0 aliphatic heterocycles. The number of rotatable bonds is 10. The van der Waals surface area contributed by atoms with Crippen LogP contribution in [0, 0.1) is 0 Å². The van der Waals surface area contributed by atoms with E-state index in [1.54, 1.807) is 79.0 Å². The van der Waals surface area contributed by atoms with Crippen LogP contribution in [0.5, 0.6) is 11.5 Å². The van der Waals surface area contributed by atoms with E-state index in [-0.39, 0.29) is 18.9 Å². The van der Waals surface area contributed by atoms with Gasteiger partial charge in [0.05, 0.1) is 18.8 Å². The van der Waals surface area contributed by atoms with Gasteiger partial charge >= 0.3 is 12.1 Å². The highest BCUT2D eigenvalue weighted by Crippen LogP contribution is 2.34. The maximum atomic E-state index is 13.7. The van der Waals surface area contributed by atoms with Crippen LogP contribution in [-0.4, -0.2) is 34.8 Å². The molecule has 1 amide bonds. The van der Waals surface area contributed by atoms with Gasteiger partial charge in [-0.1, -0.05) is 48.0 Å². The molecule has 0 saturated carbocycles. The Labute approximate surface area is 252 Å². The number of ether oxygens (including phenoxy) is 3. The highest BCUT2D eigenvalue weighted by molar-refractivity contribution is 6.30. The van der Waals surface area contributed by atoms with Gasteiger partial charge in [-0.3, -0.25) is 14.7 Å². The lowest BCUT2D eigenvalue weighted by Crippen LogP contribution is -2.28. The van der Waals surface area contributed by atoms with E-state index in [4.69, 9.17) is 25.8 Å². The number of esters is 1. The van der Waals surface area contributed by atoms with Crippen molar-refractivity contribution in [2.75, 3.05) is 18.5 Å². The van der Waals surface area contributed by atoms with Crippen LogP contribution in [0.3, 0.4) is 0 Å². The Morgan fingerprint density at radius 2 is 1.70 bits per heavy atom. The predicted octanol–water partition coefficient (Wildman–Crippen LogP) is 6.97. The van der Waals surface area contributed by atoms with E-state index in [0.29, 0.717) is 57.2 Å². The van der Waals surface area contributed by atoms with Crippen molar-refractivity contribution in [1.82, 2.24) is 9.55 Å². The molecule has 0 unspecified atom stereocenters. The SMILES string of the molecule is CCn1c(=O)c(NC(=O)Oc2ccccc2)c(-c2cccc(OCCCOC(=O)c3cccc(Cl)c3)c2)c2cccnc21. The molecule has 43 heavy (non-hydrogen) atoms. The van der Waals surface area contributed by atoms with Crippen molar-refractivity contribution in [3.63, 3.8) is 0 Å². The summed E-state index contributed by atoms with van der Waals surface area (Å²) in [6, 6.07) is 26.0. The number of aryl methyl sites for hydroxylation is 1. The molecule has 2 aromatic heterocycles. The smallest absolute Gasteiger partial charge is 0.417 e. The van der Waals surface area contributed by atoms with Gasteiger partial charge in [0.1, 0.15) is 22.8 Å². The van der Waals surface area contributed by atoms with E-state index < -0.39 is 17.6 Å². The number of hydrogen-bond acceptors (Lipinski definition) is 7. The number of halogens is 1. The Bertz CT molecular complexity index is 1820. The Morgan fingerprint density at radius 1 is 0.907 bits per heavy atom. The third-order valence-corrected chi connectivity index (χ3v) is 6.73. The second-order valence-corrected chi connectivity index (χ2v) is 9.81. The third kappa shape index (κ3) is 7.02. The molecule has 3 aromatic carbocycles. The van der Waals surface area contributed by atoms with E-state index >= 15 is 0 Å². The van der Waals surface area contributed by atoms with Crippen LogP contribution in [0.4, 0.5) is 10.5 Å². The summed E-state index contributed by atoms with van der Waals surface area (Å²) in [5.74, 6) is 0.416. The van der Waals surface area contributed by atoms with E-state index in [1.807, 2.05) is 25.1 Å². The largest absolute Gasteiger partial charge is 0.493 e. The van der Waals surface area contributed by atoms with Crippen molar-refractivity contribution in [3.05, 3.63) is 118 Å². The van der Waals surface area contributed by atoms with Gasteiger partial charge in [-0.05, 0) is 67.1 Å². The number of pyridine rings is 2. The average Bonchev–Trinajstić information content (AvgIpc) is 3.02. The summed E-state index contributed by atoms with van der Waals surface area (Å²) in [6.45, 7) is 2.62. The number of aromatic nitrogens is 2. The quantitative estimate of drug-likeness (QED) is 0.137. The van der Waals surface area contributed by atoms with E-state index in [9.17, 15) is 14.4 Å². The van der Waals surface area contributed by atoms with Crippen molar-refractivity contribution in [3.8, 4) is 22.6 Å². The Balaban J connectivity index is 1.37. The summed E-state index contributed by atoms with van der Waals surface area (Å²) in [4.78, 5) is 43.3. The molecule has 5 rings (SSSR count). The summed E-state index contributed by atoms with van der Waals surface area (Å²) in [7, 11) is 0. The van der Waals surface area contributed by atoms with Crippen LogP contribution in [0.1, 0.15) is 23.7 Å². The second-order valence-electron chi connectivity index (χ2n) is 9.38. The van der Waals surface area contributed by atoms with Gasteiger partial charge in [0.25, 0.3) is 5.56 Å². The zero-order valence-corrected chi connectivity index (χ0v) is 24.0. The summed E-state index contributed by atoms with van der Waals surface area (Å²) >= 11 is 5.94. The molecule has 0 aliphatic carbocycles. The van der Waals surface area contributed by atoms with Crippen LogP contribution in [0.25, 0.3) is 22.2 Å². The highest BCUT2D eigenvalue weighted by atomic mass is 35.5. The maximum Gasteiger partial charge on any atom is 0.417 e. The molecule has 0 radical (unpaired) electrons. The van der Waals surface area contributed by atoms with E-state index in [0.717, 1.165) is 0 Å². The van der Waals surface area contributed by atoms with Gasteiger partial charge in [-0.2, -0.15) is 0 Å². The van der Waals surface area contributed by atoms with Gasteiger partial charge in [0, 0.05) is 35.1 Å². The monoisotopic (exact) mass is 597 g/mol. The second kappa shape index (κ2) is 13.7. The number of anilines is 1. The summed E-state index contributed by atoms with van der Waals surface area (Å²) < 4.78 is 18.2. The molecule has 0 fully saturated rings. The molecule has 1 N–H and O–H groups in total. The number of hydrogen-bond donors (Lipinski definition) is 1. The minimum absolute atomic E-state index is 0.0633. The number of carbonyl (C=O) groups is 2. The molecular weight excluding hydrogens is 570 g/mol. The minimum atomic E-state index is -0.796. The lowest BCUT2D eigenvalue weighted by molar-refractivity contribution is 0.0486. The first-order chi connectivity index (χ1) is 20.9. The highest BCUT2D eigenvalue weighted by Gasteiger charge is 2.21. The number of para-hydroxylation sites is 1. The van der Waals surface area contributed by atoms with Crippen molar-refractivity contribution >= 4 is 40.4 Å². The number of fused-ring (bicyclic) bond motifs is 1. The Morgan fingerprint density at radius 3 is 2.49 bits per heavy atom. The topological polar surface area (TPSA) is 109 Å². The molecule has 2 heterocycles. The number of carbonyl (C=O) groups excluding carboxylic acids is 2. The fourth-order valence-corrected chi connectivity index (χ4v) is 4.76. The standard InChI is InChI=1S/C33H28ClN3O6/c1-2-37-30-27(16-8-17-35-30)28(29(31(37)38)36-33(40)43-25-13-4-3-5-14-25)22-10-7-15-26(21-22)41-18-9-19-42-32(39)23-11-6-12-24(34)20-23/h3-8,10-17,20-21H,2,9,18-19H2,1H3,(H,36,40). The summed E-state index contributed by atoms with van der Waals surface area (Å²) in [5.41, 5.74) is 1.64. The average molecular weight is 598 g/mol. The first-order valence-electron chi connectivity index (χ1n) is 13.7. The third-order valence-electron chi connectivity index (χ3n) is 6.49. The van der Waals surface area contributed by atoms with Gasteiger partial charge in [-0.25, -0.2) is 14.6 Å². The lowest BCUT2D eigenvalue weighted by atomic mass is 10.00. The zero-order chi connectivity index (χ0) is 30.2. The normalized spacial score (nSPS) is 10.7. The number of benzene rings is 3. The Kier molecular flexibility index (Phi) is 9.33. The fourth-order valence-electron chi connectivity index (χ4n) is 4.57. The minimum Gasteiger partial charge on any atom is -0.493 e. The molecule has 0 bridgehead atoms. The van der Waals surface area contributed by atoms with E-state index in [2.05, 4.69) is 10.3 Å². The summed E-state index contributed by atoms with van der Waals surface area (Å²) in [5, 5.41) is 3.81. The van der Waals surface area contributed by atoms with Crippen molar-refractivity contribution in [2.24, 2.45) is 0 Å². The van der Waals surface area contributed by atoms with E-state index in [1.165, 1.54) is 4.57 Å². The first-order valence-corrected chi connectivity index (χ1v) is 14.0. The molecule has 0 spiro atoms. The zero-order valence-electron chi connectivity index (χ0n) is 23.3. The van der Waals surface area contributed by atoms with Gasteiger partial charge in [0.2, 0.25) is 0 Å². The van der Waals surface area contributed by atoms with Gasteiger partial charge < -0.3 is 14.2 Å². The molecule has 9 nitrogen and oxygen atoms in total. The maximum absolute atomic E-state index is 13.7. The van der Waals surface area contributed by atoms with Crippen LogP contribution in [0.2, 0.25) is 5.02 Å². The van der Waals surface area contributed by atoms with Crippen molar-refractivity contribution in [2.45, 2.75) is 19.9 Å². The number of amides is 1. The fraction of sp³-hybridized carbons (Fsp3) is 0.152. The molecule has 0 aliphatic rings. The molecule has 5 aromatic rings. The first kappa shape index (κ1) is 29.3. The van der Waals surface area contributed by atoms with Crippen molar-refractivity contribution < 1.29 is 23.8 Å². The van der Waals surface area contributed by atoms with Crippen LogP contribution < -0.4 is 20.3 Å². The van der Waals surface area contributed by atoms with Gasteiger partial charge in [-0.15, -0.1) is 0 Å². The number of nitrogens with one attached hydrogen (secondary N) is 1. The van der Waals surface area contributed by atoms with Crippen molar-refractivity contribution in [1.29, 1.82) is 0 Å². The lowest BCUT2D eigenvalue weighted by Gasteiger charge is -2.18. The number of nitrogens with zero attached hydrogens (tertiary/aromatic N) is 2. The van der Waals surface area contributed by atoms with Crippen LogP contribution in [0.15, 0.2) is 102 Å². The Hall–Kier alpha value is -5.15. The van der Waals surface area contributed by atoms with Gasteiger partial charge in [0.15, 0.2) is 0 Å². The molecule has 10 heteroatoms. The molecule has 0 atom stereocenters. The molecule has 218 valence electrons. The van der Waals surface area contributed by atoms with Crippen LogP contribution >= 0.6 is 11.6 Å². The molecular formula is C33H28ClN3O6. The predicted molar refractivity (Wildman–Crippen MR) is 165 cm³/mol. The summed E-state index contributed by atoms with van der Waals surface area (Å²) in [6.07, 6.45) is 1.27. The molecule has 0 saturated heterocycles.